The van der Waals surface area contributed by atoms with Crippen molar-refractivity contribution in [2.75, 3.05) is 47.5 Å². The summed E-state index contributed by atoms with van der Waals surface area (Å²) in [5.41, 5.74) is 0.862. The molecule has 160 valence electrons. The van der Waals surface area contributed by atoms with Gasteiger partial charge in [0.1, 0.15) is 22.1 Å². The van der Waals surface area contributed by atoms with Crippen LogP contribution in [-0.2, 0) is 24.4 Å². The van der Waals surface area contributed by atoms with Gasteiger partial charge >= 0.3 is 6.09 Å². The first-order valence-electron chi connectivity index (χ1n) is 9.37. The van der Waals surface area contributed by atoms with Crippen LogP contribution in [0.15, 0.2) is 41.0 Å². The zero-order chi connectivity index (χ0) is 21.1. The maximum absolute atomic E-state index is 14.7. The number of anilines is 2. The van der Waals surface area contributed by atoms with E-state index in [9.17, 15) is 18.2 Å². The Balaban J connectivity index is 1.38. The van der Waals surface area contributed by atoms with Crippen LogP contribution < -0.4 is 15.1 Å². The molecule has 2 saturated heterocycles. The molecule has 2 aromatic rings. The van der Waals surface area contributed by atoms with Crippen LogP contribution in [0.1, 0.15) is 10.6 Å². The highest BCUT2D eigenvalue weighted by Gasteiger charge is 2.33. The highest BCUT2D eigenvalue weighted by molar-refractivity contribution is 8.31. The van der Waals surface area contributed by atoms with E-state index < -0.39 is 23.9 Å². The number of halogens is 1. The second-order valence-electron chi connectivity index (χ2n) is 6.84. The van der Waals surface area contributed by atoms with Gasteiger partial charge in [-0.3, -0.25) is 9.69 Å². The van der Waals surface area contributed by atoms with Crippen molar-refractivity contribution in [1.29, 1.82) is 0 Å². The molecular formula is C19H20FN3O5S2. The van der Waals surface area contributed by atoms with E-state index in [1.165, 1.54) is 23.3 Å². The fourth-order valence-corrected chi connectivity index (χ4v) is 5.45. The molecule has 4 rings (SSSR count). The summed E-state index contributed by atoms with van der Waals surface area (Å²) in [7, 11) is 0.448. The molecule has 1 aromatic heterocycles. The Morgan fingerprint density at radius 3 is 2.77 bits per heavy atom. The Labute approximate surface area is 177 Å². The van der Waals surface area contributed by atoms with E-state index in [2.05, 4.69) is 5.32 Å². The molecule has 0 spiro atoms. The van der Waals surface area contributed by atoms with E-state index in [4.69, 9.17) is 9.15 Å². The lowest BCUT2D eigenvalue weighted by molar-refractivity contribution is 0.0889. The Bertz CT molecular complexity index is 1000. The van der Waals surface area contributed by atoms with E-state index in [0.29, 0.717) is 34.7 Å². The number of rotatable bonds is 5. The first-order chi connectivity index (χ1) is 14.5. The van der Waals surface area contributed by atoms with Crippen molar-refractivity contribution >= 4 is 43.1 Å². The third kappa shape index (κ3) is 4.41. The number of nitrogens with zero attached hydrogens (tertiary/aromatic N) is 2. The molecule has 8 nitrogen and oxygen atoms in total. The summed E-state index contributed by atoms with van der Waals surface area (Å²) >= 11 is 0. The number of hydrogen-bond donors (Lipinski definition) is 1. The molecule has 11 heteroatoms. The Hall–Kier alpha value is -2.66. The third-order valence-electron chi connectivity index (χ3n) is 4.97. The highest BCUT2D eigenvalue weighted by Crippen LogP contribution is 2.28. The number of furan rings is 1. The zero-order valence-electron chi connectivity index (χ0n) is 15.9. The number of carbonyl (C=O) groups excluding carboxylic acids is 2. The summed E-state index contributed by atoms with van der Waals surface area (Å²) in [5.74, 6) is 0.849. The largest absolute Gasteiger partial charge is 0.459 e. The molecule has 0 bridgehead atoms. The van der Waals surface area contributed by atoms with Crippen molar-refractivity contribution in [2.45, 2.75) is 6.10 Å². The van der Waals surface area contributed by atoms with Crippen LogP contribution in [0.2, 0.25) is 0 Å². The average Bonchev–Trinajstić information content (AvgIpc) is 3.42. The fraction of sp³-hybridized carbons (Fsp3) is 0.368. The zero-order valence-corrected chi connectivity index (χ0v) is 17.5. The second-order valence-corrected chi connectivity index (χ2v) is 10.5. The second kappa shape index (κ2) is 9.00. The van der Waals surface area contributed by atoms with Crippen LogP contribution >= 0.6 is 0 Å². The van der Waals surface area contributed by atoms with Gasteiger partial charge in [-0.1, -0.05) is 9.45 Å². The monoisotopic (exact) mass is 453 g/mol. The first kappa shape index (κ1) is 20.6. The lowest BCUT2D eigenvalue weighted by Crippen LogP contribution is -2.38. The van der Waals surface area contributed by atoms with Gasteiger partial charge in [0.15, 0.2) is 5.76 Å². The van der Waals surface area contributed by atoms with E-state index in [-0.39, 0.29) is 28.3 Å². The quantitative estimate of drug-likeness (QED) is 0.742. The number of carbonyl (C=O) groups is 2. The summed E-state index contributed by atoms with van der Waals surface area (Å²) in [6.07, 6.45) is 0.258. The SMILES string of the molecule is O=S=S1CCN(c2ccc(N3C[C@H](CNC(=O)c4ccco4)OC3=O)cc2F)CC1. The van der Waals surface area contributed by atoms with E-state index in [1.54, 1.807) is 18.2 Å². The summed E-state index contributed by atoms with van der Waals surface area (Å²) in [4.78, 5) is 27.4. The predicted molar refractivity (Wildman–Crippen MR) is 113 cm³/mol. The van der Waals surface area contributed by atoms with Crippen molar-refractivity contribution in [3.63, 3.8) is 0 Å². The summed E-state index contributed by atoms with van der Waals surface area (Å²) in [6.45, 7) is 1.59. The lowest BCUT2D eigenvalue weighted by atomic mass is 10.2. The molecule has 1 aromatic carbocycles. The topological polar surface area (TPSA) is 92.1 Å². The van der Waals surface area contributed by atoms with Gasteiger partial charge in [0.05, 0.1) is 30.7 Å². The summed E-state index contributed by atoms with van der Waals surface area (Å²) in [6, 6.07) is 7.79. The predicted octanol–water partition coefficient (Wildman–Crippen LogP) is 1.74. The van der Waals surface area contributed by atoms with Gasteiger partial charge in [0, 0.05) is 24.6 Å². The number of ether oxygens (including phenoxy) is 1. The Morgan fingerprint density at radius 1 is 1.30 bits per heavy atom. The molecule has 2 amide bonds. The molecular weight excluding hydrogens is 433 g/mol. The van der Waals surface area contributed by atoms with Crippen molar-refractivity contribution < 1.29 is 27.3 Å². The van der Waals surface area contributed by atoms with Crippen molar-refractivity contribution in [3.8, 4) is 0 Å². The van der Waals surface area contributed by atoms with Crippen LogP contribution in [0.4, 0.5) is 20.6 Å². The molecule has 0 unspecified atom stereocenters. The maximum atomic E-state index is 14.7. The molecule has 0 saturated carbocycles. The van der Waals surface area contributed by atoms with E-state index in [1.807, 2.05) is 4.90 Å². The van der Waals surface area contributed by atoms with Crippen molar-refractivity contribution in [1.82, 2.24) is 5.32 Å². The van der Waals surface area contributed by atoms with Crippen molar-refractivity contribution in [2.24, 2.45) is 0 Å². The number of benzene rings is 1. The van der Waals surface area contributed by atoms with E-state index in [0.717, 1.165) is 11.5 Å². The van der Waals surface area contributed by atoms with Gasteiger partial charge in [-0.2, -0.15) is 0 Å². The molecule has 1 atom stereocenters. The average molecular weight is 454 g/mol. The van der Waals surface area contributed by atoms with Gasteiger partial charge in [0.25, 0.3) is 5.91 Å². The van der Waals surface area contributed by atoms with Gasteiger partial charge in [-0.05, 0) is 30.3 Å². The minimum atomic E-state index is -0.589. The number of amides is 2. The third-order valence-corrected chi connectivity index (χ3v) is 8.01. The van der Waals surface area contributed by atoms with Gasteiger partial charge in [-0.15, -0.1) is 0 Å². The Morgan fingerprint density at radius 2 is 2.10 bits per heavy atom. The van der Waals surface area contributed by atoms with Crippen LogP contribution in [0.25, 0.3) is 0 Å². The van der Waals surface area contributed by atoms with Gasteiger partial charge in [-0.25, -0.2) is 13.4 Å². The number of hydrogen-bond acceptors (Lipinski definition) is 6. The van der Waals surface area contributed by atoms with Crippen LogP contribution in [0.3, 0.4) is 0 Å². The molecule has 2 aliphatic rings. The molecule has 2 aliphatic heterocycles. The van der Waals surface area contributed by atoms with Gasteiger partial charge < -0.3 is 19.4 Å². The Kier molecular flexibility index (Phi) is 6.18. The fourth-order valence-electron chi connectivity index (χ4n) is 3.41. The smallest absolute Gasteiger partial charge is 0.414 e. The number of nitrogens with one attached hydrogen (secondary N) is 1. The number of cyclic esters (lactones) is 1. The lowest BCUT2D eigenvalue weighted by Gasteiger charge is -2.30. The molecule has 3 heterocycles. The van der Waals surface area contributed by atoms with Crippen LogP contribution in [0.5, 0.6) is 0 Å². The van der Waals surface area contributed by atoms with Crippen LogP contribution in [-0.4, -0.2) is 60.0 Å². The highest BCUT2D eigenvalue weighted by atomic mass is 32.8. The van der Waals surface area contributed by atoms with Gasteiger partial charge in [0.2, 0.25) is 0 Å². The molecule has 30 heavy (non-hydrogen) atoms. The molecule has 2 fully saturated rings. The van der Waals surface area contributed by atoms with Crippen LogP contribution in [0, 0.1) is 5.82 Å². The summed E-state index contributed by atoms with van der Waals surface area (Å²) in [5, 5.41) is 2.65. The molecule has 1 N–H and O–H groups in total. The minimum Gasteiger partial charge on any atom is -0.459 e. The maximum Gasteiger partial charge on any atom is 0.414 e. The standard InChI is InChI=1S/C19H20FN3O5S2/c20-15-10-13(3-4-16(15)22-5-8-30(29-26)9-6-22)23-12-14(28-19(23)25)11-21-18(24)17-2-1-7-27-17/h1-4,7,10,14H,5-6,8-9,11-12H2,(H,21,24)/t14-/m0/s1. The minimum absolute atomic E-state index is 0.121. The molecule has 0 aliphatic carbocycles. The van der Waals surface area contributed by atoms with Crippen molar-refractivity contribution in [3.05, 3.63) is 48.2 Å². The summed E-state index contributed by atoms with van der Waals surface area (Å²) < 4.78 is 36.0. The first-order valence-corrected chi connectivity index (χ1v) is 12.2. The van der Waals surface area contributed by atoms with E-state index >= 15 is 0 Å². The normalized spacial score (nSPS) is 19.6. The molecule has 0 radical (unpaired) electrons.